The fourth-order valence-electron chi connectivity index (χ4n) is 2.42. The van der Waals surface area contributed by atoms with E-state index in [0.29, 0.717) is 4.47 Å². The number of ether oxygens (including phenoxy) is 1. The minimum absolute atomic E-state index is 0.148. The number of hydrogen-bond donors (Lipinski definition) is 1. The van der Waals surface area contributed by atoms with Crippen LogP contribution in [0.15, 0.2) is 16.6 Å². The normalized spacial score (nSPS) is 17.5. The Balaban J connectivity index is 2.43. The van der Waals surface area contributed by atoms with E-state index >= 15 is 0 Å². The van der Waals surface area contributed by atoms with E-state index in [9.17, 15) is 13.2 Å². The highest BCUT2D eigenvalue weighted by molar-refractivity contribution is 9.10. The summed E-state index contributed by atoms with van der Waals surface area (Å²) in [5.74, 6) is 0.0229. The topological polar surface area (TPSA) is 21.3 Å². The Morgan fingerprint density at radius 3 is 2.42 bits per heavy atom. The molecule has 1 aromatic rings. The van der Waals surface area contributed by atoms with Crippen molar-refractivity contribution in [2.45, 2.75) is 24.9 Å². The van der Waals surface area contributed by atoms with Gasteiger partial charge in [-0.2, -0.15) is 13.2 Å². The molecule has 6 heteroatoms. The number of alkyl halides is 3. The van der Waals surface area contributed by atoms with Crippen molar-refractivity contribution in [1.82, 2.24) is 5.32 Å². The second-order valence-electron chi connectivity index (χ2n) is 4.61. The Bertz CT molecular complexity index is 456. The summed E-state index contributed by atoms with van der Waals surface area (Å²) in [6, 6.07) is 2.96. The van der Waals surface area contributed by atoms with E-state index in [2.05, 4.69) is 21.2 Å². The van der Waals surface area contributed by atoms with Crippen LogP contribution in [0, 0.1) is 0 Å². The van der Waals surface area contributed by atoms with Gasteiger partial charge in [0.15, 0.2) is 0 Å². The van der Waals surface area contributed by atoms with Gasteiger partial charge in [-0.05, 0) is 65.5 Å². The van der Waals surface area contributed by atoms with E-state index < -0.39 is 11.7 Å². The molecule has 0 spiro atoms. The fourth-order valence-corrected chi connectivity index (χ4v) is 3.06. The van der Waals surface area contributed by atoms with Gasteiger partial charge in [0.2, 0.25) is 0 Å². The smallest absolute Gasteiger partial charge is 0.420 e. The maximum absolute atomic E-state index is 13.0. The molecule has 0 aliphatic carbocycles. The molecule has 1 heterocycles. The molecule has 0 bridgehead atoms. The van der Waals surface area contributed by atoms with Gasteiger partial charge in [-0.1, -0.05) is 0 Å². The maximum Gasteiger partial charge on any atom is 0.420 e. The van der Waals surface area contributed by atoms with Crippen LogP contribution in [0.5, 0.6) is 5.75 Å². The number of nitrogens with one attached hydrogen (secondary N) is 1. The van der Waals surface area contributed by atoms with Gasteiger partial charge < -0.3 is 10.1 Å². The first-order chi connectivity index (χ1) is 8.93. The molecule has 19 heavy (non-hydrogen) atoms. The molecule has 1 aliphatic heterocycles. The summed E-state index contributed by atoms with van der Waals surface area (Å²) in [5, 5.41) is 3.21. The van der Waals surface area contributed by atoms with E-state index in [1.54, 1.807) is 6.07 Å². The zero-order chi connectivity index (χ0) is 14.0. The van der Waals surface area contributed by atoms with E-state index in [4.69, 9.17) is 4.74 Å². The van der Waals surface area contributed by atoms with Crippen LogP contribution >= 0.6 is 15.9 Å². The van der Waals surface area contributed by atoms with Crippen molar-refractivity contribution in [3.05, 3.63) is 27.7 Å². The molecule has 0 amide bonds. The fraction of sp³-hybridized carbons (Fsp3) is 0.538. The molecule has 1 aromatic carbocycles. The number of halogens is 4. The molecule has 0 aromatic heterocycles. The van der Waals surface area contributed by atoms with Gasteiger partial charge >= 0.3 is 6.18 Å². The van der Waals surface area contributed by atoms with E-state index in [0.717, 1.165) is 31.5 Å². The van der Waals surface area contributed by atoms with Crippen LogP contribution in [0.2, 0.25) is 0 Å². The van der Waals surface area contributed by atoms with Gasteiger partial charge in [0.05, 0.1) is 17.1 Å². The quantitative estimate of drug-likeness (QED) is 0.882. The van der Waals surface area contributed by atoms with E-state index in [-0.39, 0.29) is 11.7 Å². The second kappa shape index (κ2) is 5.71. The predicted octanol–water partition coefficient (Wildman–Crippen LogP) is 3.94. The van der Waals surface area contributed by atoms with Crippen molar-refractivity contribution in [3.8, 4) is 5.75 Å². The van der Waals surface area contributed by atoms with Crippen molar-refractivity contribution in [2.24, 2.45) is 0 Å². The molecule has 1 N–H and O–H groups in total. The van der Waals surface area contributed by atoms with Crippen molar-refractivity contribution < 1.29 is 17.9 Å². The predicted molar refractivity (Wildman–Crippen MR) is 70.5 cm³/mol. The van der Waals surface area contributed by atoms with Crippen LogP contribution in [0.4, 0.5) is 13.2 Å². The van der Waals surface area contributed by atoms with Gasteiger partial charge in [0.25, 0.3) is 0 Å². The third-order valence-corrected chi connectivity index (χ3v) is 3.98. The summed E-state index contributed by atoms with van der Waals surface area (Å²) in [6.07, 6.45) is -2.69. The third-order valence-electron chi connectivity index (χ3n) is 3.39. The van der Waals surface area contributed by atoms with Crippen LogP contribution in [-0.2, 0) is 6.18 Å². The van der Waals surface area contributed by atoms with E-state index in [1.807, 2.05) is 0 Å². The summed E-state index contributed by atoms with van der Waals surface area (Å²) >= 11 is 3.18. The van der Waals surface area contributed by atoms with Gasteiger partial charge in [0, 0.05) is 0 Å². The molecule has 2 nitrogen and oxygen atoms in total. The third kappa shape index (κ3) is 3.23. The zero-order valence-electron chi connectivity index (χ0n) is 10.5. The monoisotopic (exact) mass is 337 g/mol. The maximum atomic E-state index is 13.0. The molecule has 2 rings (SSSR count). The van der Waals surface area contributed by atoms with Crippen molar-refractivity contribution in [1.29, 1.82) is 0 Å². The Morgan fingerprint density at radius 1 is 1.26 bits per heavy atom. The number of piperidine rings is 1. The molecule has 1 aliphatic rings. The highest BCUT2D eigenvalue weighted by atomic mass is 79.9. The first-order valence-electron chi connectivity index (χ1n) is 6.09. The first kappa shape index (κ1) is 14.7. The minimum Gasteiger partial charge on any atom is -0.495 e. The lowest BCUT2D eigenvalue weighted by molar-refractivity contribution is -0.138. The molecule has 0 saturated carbocycles. The second-order valence-corrected chi connectivity index (χ2v) is 5.46. The number of rotatable bonds is 2. The average molecular weight is 338 g/mol. The highest BCUT2D eigenvalue weighted by Crippen LogP contribution is 2.43. The molecule has 0 unspecified atom stereocenters. The van der Waals surface area contributed by atoms with Gasteiger partial charge in [-0.15, -0.1) is 0 Å². The Kier molecular flexibility index (Phi) is 4.40. The largest absolute Gasteiger partial charge is 0.495 e. The van der Waals surface area contributed by atoms with Crippen LogP contribution in [0.1, 0.15) is 29.9 Å². The first-order valence-corrected chi connectivity index (χ1v) is 6.88. The van der Waals surface area contributed by atoms with E-state index in [1.165, 1.54) is 13.2 Å². The standard InChI is InChI=1S/C13H15BrF3NO/c1-19-12-10(13(15,16)17)6-9(7-11(12)14)8-2-4-18-5-3-8/h6-8,18H,2-5H2,1H3. The van der Waals surface area contributed by atoms with Gasteiger partial charge in [-0.3, -0.25) is 0 Å². The van der Waals surface area contributed by atoms with Crippen LogP contribution < -0.4 is 10.1 Å². The van der Waals surface area contributed by atoms with Crippen LogP contribution in [0.3, 0.4) is 0 Å². The van der Waals surface area contributed by atoms with Gasteiger partial charge in [0.1, 0.15) is 5.75 Å². The summed E-state index contributed by atoms with van der Waals surface area (Å²) < 4.78 is 44.4. The number of methoxy groups -OCH3 is 1. The lowest BCUT2D eigenvalue weighted by atomic mass is 9.89. The molecule has 1 saturated heterocycles. The van der Waals surface area contributed by atoms with Crippen LogP contribution in [0.25, 0.3) is 0 Å². The summed E-state index contributed by atoms with van der Waals surface area (Å²) in [4.78, 5) is 0. The summed E-state index contributed by atoms with van der Waals surface area (Å²) in [5.41, 5.74) is 0.0133. The molecule has 1 fully saturated rings. The minimum atomic E-state index is -4.41. The van der Waals surface area contributed by atoms with Crippen molar-refractivity contribution >= 4 is 15.9 Å². The molecular weight excluding hydrogens is 323 g/mol. The lowest BCUT2D eigenvalue weighted by Gasteiger charge is -2.25. The summed E-state index contributed by atoms with van der Waals surface area (Å²) in [7, 11) is 1.25. The molecule has 0 radical (unpaired) electrons. The lowest BCUT2D eigenvalue weighted by Crippen LogP contribution is -2.26. The van der Waals surface area contributed by atoms with Crippen molar-refractivity contribution in [2.75, 3.05) is 20.2 Å². The number of hydrogen-bond acceptors (Lipinski definition) is 2. The van der Waals surface area contributed by atoms with Crippen molar-refractivity contribution in [3.63, 3.8) is 0 Å². The van der Waals surface area contributed by atoms with Gasteiger partial charge in [-0.25, -0.2) is 0 Å². The summed E-state index contributed by atoms with van der Waals surface area (Å²) in [6.45, 7) is 1.69. The SMILES string of the molecule is COc1c(Br)cc(C2CCNCC2)cc1C(F)(F)F. The Hall–Kier alpha value is -0.750. The molecule has 0 atom stereocenters. The molecule has 106 valence electrons. The zero-order valence-corrected chi connectivity index (χ0v) is 12.1. The molecular formula is C13H15BrF3NO. The Labute approximate surface area is 118 Å². The van der Waals surface area contributed by atoms with Crippen LogP contribution in [-0.4, -0.2) is 20.2 Å². The Morgan fingerprint density at radius 2 is 1.89 bits per heavy atom. The average Bonchev–Trinajstić information content (AvgIpc) is 2.37. The number of benzene rings is 1. The highest BCUT2D eigenvalue weighted by Gasteiger charge is 2.36.